The van der Waals surface area contributed by atoms with Gasteiger partial charge >= 0.3 is 6.09 Å². The fourth-order valence-corrected chi connectivity index (χ4v) is 3.72. The van der Waals surface area contributed by atoms with E-state index in [4.69, 9.17) is 9.16 Å². The van der Waals surface area contributed by atoms with Crippen molar-refractivity contribution in [2.45, 2.75) is 77.5 Å². The first-order valence-electron chi connectivity index (χ1n) is 8.62. The summed E-state index contributed by atoms with van der Waals surface area (Å²) in [5, 5.41) is 20.1. The van der Waals surface area contributed by atoms with Crippen LogP contribution in [0.3, 0.4) is 0 Å². The van der Waals surface area contributed by atoms with Crippen LogP contribution >= 0.6 is 0 Å². The summed E-state index contributed by atoms with van der Waals surface area (Å²) in [6, 6.07) is 0. The number of rotatable bonds is 3. The second-order valence-electron chi connectivity index (χ2n) is 9.24. The molecule has 0 spiro atoms. The molecule has 0 aromatic heterocycles. The Hall–Kier alpha value is -0.633. The first-order valence-corrected chi connectivity index (χ1v) is 11.5. The summed E-state index contributed by atoms with van der Waals surface area (Å²) >= 11 is 0. The van der Waals surface area contributed by atoms with Crippen LogP contribution in [-0.4, -0.2) is 67.0 Å². The molecule has 1 fully saturated rings. The van der Waals surface area contributed by atoms with E-state index in [2.05, 4.69) is 33.9 Å². The molecule has 1 rings (SSSR count). The molecule has 24 heavy (non-hydrogen) atoms. The Morgan fingerprint density at radius 3 is 2.12 bits per heavy atom. The Bertz CT molecular complexity index is 441. The lowest BCUT2D eigenvalue weighted by atomic mass is 9.93. The third kappa shape index (κ3) is 5.44. The van der Waals surface area contributed by atoms with Gasteiger partial charge in [0.05, 0.1) is 25.4 Å². The van der Waals surface area contributed by atoms with E-state index < -0.39 is 38.1 Å². The van der Waals surface area contributed by atoms with Gasteiger partial charge in [0.1, 0.15) is 5.60 Å². The molecule has 0 radical (unpaired) electrons. The maximum atomic E-state index is 12.4. The third-order valence-corrected chi connectivity index (χ3v) is 9.36. The molecule has 1 amide bonds. The van der Waals surface area contributed by atoms with Crippen molar-refractivity contribution >= 4 is 14.4 Å². The fraction of sp³-hybridized carbons (Fsp3) is 0.941. The molecule has 1 aliphatic heterocycles. The largest absolute Gasteiger partial charge is 0.444 e. The van der Waals surface area contributed by atoms with Gasteiger partial charge in [-0.25, -0.2) is 4.79 Å². The molecule has 3 atom stereocenters. The van der Waals surface area contributed by atoms with Crippen molar-refractivity contribution in [3.05, 3.63) is 0 Å². The molecule has 0 aromatic carbocycles. The molecule has 0 aromatic rings. The Morgan fingerprint density at radius 1 is 1.17 bits per heavy atom. The van der Waals surface area contributed by atoms with Gasteiger partial charge in [-0.1, -0.05) is 20.8 Å². The zero-order valence-electron chi connectivity index (χ0n) is 16.4. The number of carbonyl (C=O) groups excluding carboxylic acids is 1. The quantitative estimate of drug-likeness (QED) is 0.755. The average Bonchev–Trinajstić information content (AvgIpc) is 2.37. The monoisotopic (exact) mass is 361 g/mol. The molecule has 0 bridgehead atoms. The third-order valence-electron chi connectivity index (χ3n) is 4.86. The summed E-state index contributed by atoms with van der Waals surface area (Å²) in [7, 11) is -2.11. The summed E-state index contributed by atoms with van der Waals surface area (Å²) in [5.41, 5.74) is -0.586. The van der Waals surface area contributed by atoms with Gasteiger partial charge in [0, 0.05) is 12.5 Å². The molecular weight excluding hydrogens is 326 g/mol. The summed E-state index contributed by atoms with van der Waals surface area (Å²) in [4.78, 5) is 13.9. The molecule has 0 saturated carbocycles. The van der Waals surface area contributed by atoms with Gasteiger partial charge in [-0.3, -0.25) is 0 Å². The van der Waals surface area contributed by atoms with Crippen molar-refractivity contribution in [2.75, 3.05) is 19.7 Å². The number of hydrogen-bond donors (Lipinski definition) is 2. The number of aliphatic hydroxyl groups excluding tert-OH is 2. The smallest absolute Gasteiger partial charge is 0.410 e. The number of piperidine rings is 1. The SMILES string of the molecule is CC(C)(C)OC(=O)N1CC(O[Si](C)(C)C(C)(C)C)[C@H](O)[C@@H](CO)C1. The van der Waals surface area contributed by atoms with Crippen LogP contribution in [0.5, 0.6) is 0 Å². The molecule has 1 aliphatic rings. The Balaban J connectivity index is 2.93. The van der Waals surface area contributed by atoms with E-state index in [-0.39, 0.29) is 24.7 Å². The van der Waals surface area contributed by atoms with Gasteiger partial charge in [0.25, 0.3) is 0 Å². The van der Waals surface area contributed by atoms with E-state index in [1.807, 2.05) is 20.8 Å². The van der Waals surface area contributed by atoms with E-state index in [1.54, 1.807) is 0 Å². The first kappa shape index (κ1) is 21.4. The topological polar surface area (TPSA) is 79.2 Å². The van der Waals surface area contributed by atoms with Crippen LogP contribution in [0.2, 0.25) is 18.1 Å². The van der Waals surface area contributed by atoms with Gasteiger partial charge in [-0.05, 0) is 38.9 Å². The molecule has 6 nitrogen and oxygen atoms in total. The molecule has 1 unspecified atom stereocenters. The lowest BCUT2D eigenvalue weighted by molar-refractivity contribution is -0.0818. The zero-order valence-corrected chi connectivity index (χ0v) is 17.4. The van der Waals surface area contributed by atoms with Crippen LogP contribution in [0.25, 0.3) is 0 Å². The highest BCUT2D eigenvalue weighted by Gasteiger charge is 2.45. The fourth-order valence-electron chi connectivity index (χ4n) is 2.40. The summed E-state index contributed by atoms with van der Waals surface area (Å²) in [6.45, 7) is 16.4. The van der Waals surface area contributed by atoms with Gasteiger partial charge in [0.15, 0.2) is 8.32 Å². The van der Waals surface area contributed by atoms with Crippen LogP contribution in [0, 0.1) is 5.92 Å². The minimum absolute atomic E-state index is 0.00434. The predicted molar refractivity (Wildman–Crippen MR) is 96.5 cm³/mol. The minimum atomic E-state index is -2.11. The number of ether oxygens (including phenoxy) is 1. The van der Waals surface area contributed by atoms with E-state index >= 15 is 0 Å². The van der Waals surface area contributed by atoms with E-state index in [1.165, 1.54) is 4.90 Å². The van der Waals surface area contributed by atoms with Crippen LogP contribution in [0.4, 0.5) is 4.79 Å². The number of amides is 1. The van der Waals surface area contributed by atoms with Crippen LogP contribution in [-0.2, 0) is 9.16 Å². The number of carbonyl (C=O) groups is 1. The molecule has 1 saturated heterocycles. The molecular formula is C17H35NO5Si. The van der Waals surface area contributed by atoms with Crippen molar-refractivity contribution in [2.24, 2.45) is 5.92 Å². The number of hydrogen-bond acceptors (Lipinski definition) is 5. The van der Waals surface area contributed by atoms with E-state index in [0.29, 0.717) is 0 Å². The number of aliphatic hydroxyl groups is 2. The summed E-state index contributed by atoms with van der Waals surface area (Å²) in [5.74, 6) is -0.430. The maximum absolute atomic E-state index is 12.4. The molecule has 2 N–H and O–H groups in total. The highest BCUT2D eigenvalue weighted by molar-refractivity contribution is 6.74. The second kappa shape index (κ2) is 7.31. The minimum Gasteiger partial charge on any atom is -0.444 e. The van der Waals surface area contributed by atoms with Crippen molar-refractivity contribution in [3.63, 3.8) is 0 Å². The van der Waals surface area contributed by atoms with Crippen LogP contribution < -0.4 is 0 Å². The zero-order chi connectivity index (χ0) is 18.9. The molecule has 7 heteroatoms. The van der Waals surface area contributed by atoms with Crippen molar-refractivity contribution in [1.82, 2.24) is 4.90 Å². The highest BCUT2D eigenvalue weighted by atomic mass is 28.4. The molecule has 1 heterocycles. The van der Waals surface area contributed by atoms with E-state index in [9.17, 15) is 15.0 Å². The van der Waals surface area contributed by atoms with Crippen molar-refractivity contribution in [1.29, 1.82) is 0 Å². The maximum Gasteiger partial charge on any atom is 0.410 e. The van der Waals surface area contributed by atoms with Crippen molar-refractivity contribution < 1.29 is 24.2 Å². The Morgan fingerprint density at radius 2 is 1.71 bits per heavy atom. The first-order chi connectivity index (χ1) is 10.7. The normalized spacial score (nSPS) is 26.4. The van der Waals surface area contributed by atoms with Crippen LogP contribution in [0.15, 0.2) is 0 Å². The summed E-state index contributed by atoms with van der Waals surface area (Å²) < 4.78 is 11.8. The number of likely N-dealkylation sites (tertiary alicyclic amines) is 1. The van der Waals surface area contributed by atoms with Crippen LogP contribution in [0.1, 0.15) is 41.5 Å². The highest BCUT2D eigenvalue weighted by Crippen LogP contribution is 2.38. The molecule has 0 aliphatic carbocycles. The lowest BCUT2D eigenvalue weighted by Gasteiger charge is -2.46. The van der Waals surface area contributed by atoms with Gasteiger partial charge in [-0.15, -0.1) is 0 Å². The van der Waals surface area contributed by atoms with E-state index in [0.717, 1.165) is 0 Å². The predicted octanol–water partition coefficient (Wildman–Crippen LogP) is 2.60. The average molecular weight is 362 g/mol. The van der Waals surface area contributed by atoms with Gasteiger partial charge in [-0.2, -0.15) is 0 Å². The standard InChI is InChI=1S/C17H35NO5Si/c1-16(2,3)22-15(21)18-9-12(11-19)14(20)13(10-18)23-24(7,8)17(4,5)6/h12-14,19-20H,9-11H2,1-8H3/t12-,13?,14-/m1/s1. The number of nitrogens with zero attached hydrogens (tertiary/aromatic N) is 1. The van der Waals surface area contributed by atoms with Gasteiger partial charge < -0.3 is 24.3 Å². The molecule has 142 valence electrons. The van der Waals surface area contributed by atoms with Gasteiger partial charge in [0.2, 0.25) is 0 Å². The lowest BCUT2D eigenvalue weighted by Crippen LogP contribution is -2.60. The summed E-state index contributed by atoms with van der Waals surface area (Å²) in [6.07, 6.45) is -1.73. The van der Waals surface area contributed by atoms with Crippen molar-refractivity contribution in [3.8, 4) is 0 Å². The Labute approximate surface area is 147 Å². The Kier molecular flexibility index (Phi) is 6.52. The second-order valence-corrected chi connectivity index (χ2v) is 14.0.